The summed E-state index contributed by atoms with van der Waals surface area (Å²) in [5.74, 6) is 2.48. The number of aryl methyl sites for hydroxylation is 1. The van der Waals surface area contributed by atoms with Crippen LogP contribution in [0.5, 0.6) is 11.5 Å². The van der Waals surface area contributed by atoms with Crippen molar-refractivity contribution in [3.05, 3.63) is 35.5 Å². The van der Waals surface area contributed by atoms with Crippen LogP contribution in [0, 0.1) is 6.92 Å². The summed E-state index contributed by atoms with van der Waals surface area (Å²) < 4.78 is 15.9. The van der Waals surface area contributed by atoms with Crippen molar-refractivity contribution in [2.75, 3.05) is 19.8 Å². The summed E-state index contributed by atoms with van der Waals surface area (Å²) in [6.45, 7) is 3.64. The fourth-order valence-corrected chi connectivity index (χ4v) is 2.11. The van der Waals surface area contributed by atoms with Crippen molar-refractivity contribution in [3.63, 3.8) is 0 Å². The number of nitrogens with one attached hydrogen (secondary N) is 1. The minimum absolute atomic E-state index is 0.376. The Bertz CT molecular complexity index is 614. The van der Waals surface area contributed by atoms with Gasteiger partial charge in [0.1, 0.15) is 13.2 Å². The molecule has 2 aromatic rings. The van der Waals surface area contributed by atoms with Crippen LogP contribution in [0.2, 0.25) is 0 Å². The van der Waals surface area contributed by atoms with Gasteiger partial charge in [0.25, 0.3) is 0 Å². The molecule has 7 nitrogen and oxygen atoms in total. The Balaban J connectivity index is 1.56. The second-order valence-electron chi connectivity index (χ2n) is 4.79. The Hall–Kier alpha value is -2.12. The topological polar surface area (TPSA) is 89.6 Å². The number of hydrogen-bond acceptors (Lipinski definition) is 7. The number of aromatic nitrogens is 2. The van der Waals surface area contributed by atoms with E-state index in [4.69, 9.17) is 14.0 Å². The van der Waals surface area contributed by atoms with E-state index in [0.29, 0.717) is 49.5 Å². The molecule has 0 spiro atoms. The molecule has 2 heterocycles. The molecule has 0 aliphatic carbocycles. The average molecular weight is 291 g/mol. The van der Waals surface area contributed by atoms with Gasteiger partial charge in [-0.15, -0.1) is 0 Å². The van der Waals surface area contributed by atoms with Crippen molar-refractivity contribution >= 4 is 0 Å². The van der Waals surface area contributed by atoms with Crippen molar-refractivity contribution in [3.8, 4) is 11.5 Å². The first-order valence-electron chi connectivity index (χ1n) is 6.80. The second-order valence-corrected chi connectivity index (χ2v) is 4.79. The molecule has 3 rings (SSSR count). The molecule has 1 aromatic carbocycles. The maximum absolute atomic E-state index is 10.2. The Labute approximate surface area is 121 Å². The van der Waals surface area contributed by atoms with Gasteiger partial charge in [0, 0.05) is 6.54 Å². The van der Waals surface area contributed by atoms with Crippen LogP contribution in [0.4, 0.5) is 0 Å². The molecule has 1 aromatic heterocycles. The predicted molar refractivity (Wildman–Crippen MR) is 73.1 cm³/mol. The molecule has 1 aliphatic heterocycles. The van der Waals surface area contributed by atoms with Crippen LogP contribution in [-0.4, -0.2) is 35.0 Å². The highest BCUT2D eigenvalue weighted by molar-refractivity contribution is 5.44. The van der Waals surface area contributed by atoms with E-state index >= 15 is 0 Å². The van der Waals surface area contributed by atoms with E-state index in [0.717, 1.165) is 5.56 Å². The molecule has 0 radical (unpaired) electrons. The number of aliphatic hydroxyl groups excluding tert-OH is 1. The molecule has 0 amide bonds. The van der Waals surface area contributed by atoms with Crippen molar-refractivity contribution in [1.29, 1.82) is 0 Å². The van der Waals surface area contributed by atoms with Gasteiger partial charge in [0.15, 0.2) is 17.3 Å². The van der Waals surface area contributed by atoms with Gasteiger partial charge >= 0.3 is 0 Å². The Morgan fingerprint density at radius 2 is 2.10 bits per heavy atom. The molecular weight excluding hydrogens is 274 g/mol. The summed E-state index contributed by atoms with van der Waals surface area (Å²) in [6, 6.07) is 5.45. The van der Waals surface area contributed by atoms with Gasteiger partial charge in [0.2, 0.25) is 5.89 Å². The molecule has 0 bridgehead atoms. The lowest BCUT2D eigenvalue weighted by Gasteiger charge is -2.20. The SMILES string of the molecule is Cc1noc(CNCC(O)c2ccc3c(c2)OCCO3)n1. The first kappa shape index (κ1) is 13.8. The van der Waals surface area contributed by atoms with E-state index in [2.05, 4.69) is 15.5 Å². The zero-order chi connectivity index (χ0) is 14.7. The lowest BCUT2D eigenvalue weighted by atomic mass is 10.1. The maximum atomic E-state index is 10.2. The van der Waals surface area contributed by atoms with Gasteiger partial charge < -0.3 is 24.4 Å². The lowest BCUT2D eigenvalue weighted by Crippen LogP contribution is -2.21. The zero-order valence-electron chi connectivity index (χ0n) is 11.7. The molecule has 7 heteroatoms. The molecule has 1 aliphatic rings. The van der Waals surface area contributed by atoms with Crippen LogP contribution in [0.15, 0.2) is 22.7 Å². The molecule has 112 valence electrons. The van der Waals surface area contributed by atoms with Gasteiger partial charge in [-0.05, 0) is 24.6 Å². The normalized spacial score (nSPS) is 15.0. The summed E-state index contributed by atoms with van der Waals surface area (Å²) in [6.07, 6.45) is -0.648. The highest BCUT2D eigenvalue weighted by atomic mass is 16.6. The first-order chi connectivity index (χ1) is 10.2. The fourth-order valence-electron chi connectivity index (χ4n) is 2.11. The second kappa shape index (κ2) is 6.11. The van der Waals surface area contributed by atoms with Crippen molar-refractivity contribution in [1.82, 2.24) is 15.5 Å². The predicted octanol–water partition coefficient (Wildman–Crippen LogP) is 0.972. The molecule has 0 saturated carbocycles. The van der Waals surface area contributed by atoms with Gasteiger partial charge in [-0.3, -0.25) is 0 Å². The smallest absolute Gasteiger partial charge is 0.240 e. The van der Waals surface area contributed by atoms with Crippen molar-refractivity contribution in [2.45, 2.75) is 19.6 Å². The number of hydrogen-bond donors (Lipinski definition) is 2. The summed E-state index contributed by atoms with van der Waals surface area (Å²) >= 11 is 0. The highest BCUT2D eigenvalue weighted by Crippen LogP contribution is 2.32. The third kappa shape index (κ3) is 3.32. The maximum Gasteiger partial charge on any atom is 0.240 e. The third-order valence-electron chi connectivity index (χ3n) is 3.13. The Morgan fingerprint density at radius 1 is 1.29 bits per heavy atom. The number of ether oxygens (including phenoxy) is 2. The largest absolute Gasteiger partial charge is 0.486 e. The third-order valence-corrected chi connectivity index (χ3v) is 3.13. The standard InChI is InChI=1S/C14H17N3O4/c1-9-16-14(21-17-9)8-15-7-11(18)10-2-3-12-13(6-10)20-5-4-19-12/h2-3,6,11,15,18H,4-5,7-8H2,1H3. The van der Waals surface area contributed by atoms with Crippen molar-refractivity contribution in [2.24, 2.45) is 0 Å². The molecular formula is C14H17N3O4. The van der Waals surface area contributed by atoms with Crippen LogP contribution in [0.25, 0.3) is 0 Å². The van der Waals surface area contributed by atoms with E-state index < -0.39 is 6.10 Å². The summed E-state index contributed by atoms with van der Waals surface area (Å²) in [7, 11) is 0. The fraction of sp³-hybridized carbons (Fsp3) is 0.429. The van der Waals surface area contributed by atoms with E-state index in [-0.39, 0.29) is 0 Å². The molecule has 2 N–H and O–H groups in total. The van der Waals surface area contributed by atoms with Crippen LogP contribution in [0.3, 0.4) is 0 Å². The van der Waals surface area contributed by atoms with Gasteiger partial charge in [-0.1, -0.05) is 11.2 Å². The number of benzene rings is 1. The Morgan fingerprint density at radius 3 is 2.86 bits per heavy atom. The van der Waals surface area contributed by atoms with Gasteiger partial charge in [-0.2, -0.15) is 4.98 Å². The summed E-state index contributed by atoms with van der Waals surface area (Å²) in [5, 5.41) is 17.0. The number of rotatable bonds is 5. The van der Waals surface area contributed by atoms with Crippen LogP contribution < -0.4 is 14.8 Å². The highest BCUT2D eigenvalue weighted by Gasteiger charge is 2.15. The lowest BCUT2D eigenvalue weighted by molar-refractivity contribution is 0.162. The minimum Gasteiger partial charge on any atom is -0.486 e. The zero-order valence-corrected chi connectivity index (χ0v) is 11.7. The number of aliphatic hydroxyl groups is 1. The van der Waals surface area contributed by atoms with E-state index in [1.165, 1.54) is 0 Å². The van der Waals surface area contributed by atoms with Crippen LogP contribution in [-0.2, 0) is 6.54 Å². The van der Waals surface area contributed by atoms with Gasteiger partial charge in [-0.25, -0.2) is 0 Å². The van der Waals surface area contributed by atoms with Crippen molar-refractivity contribution < 1.29 is 19.1 Å². The summed E-state index contributed by atoms with van der Waals surface area (Å²) in [5.41, 5.74) is 0.772. The molecule has 21 heavy (non-hydrogen) atoms. The molecule has 1 atom stereocenters. The summed E-state index contributed by atoms with van der Waals surface area (Å²) in [4.78, 5) is 4.08. The van der Waals surface area contributed by atoms with Crippen LogP contribution in [0.1, 0.15) is 23.4 Å². The van der Waals surface area contributed by atoms with E-state index in [9.17, 15) is 5.11 Å². The molecule has 0 fully saturated rings. The molecule has 1 unspecified atom stereocenters. The van der Waals surface area contributed by atoms with E-state index in [1.54, 1.807) is 13.0 Å². The monoisotopic (exact) mass is 291 g/mol. The number of fused-ring (bicyclic) bond motifs is 1. The first-order valence-corrected chi connectivity index (χ1v) is 6.80. The van der Waals surface area contributed by atoms with E-state index in [1.807, 2.05) is 12.1 Å². The molecule has 0 saturated heterocycles. The van der Waals surface area contributed by atoms with Crippen LogP contribution >= 0.6 is 0 Å². The average Bonchev–Trinajstić information content (AvgIpc) is 2.92. The minimum atomic E-state index is -0.648. The Kier molecular flexibility index (Phi) is 4.03. The van der Waals surface area contributed by atoms with Gasteiger partial charge in [0.05, 0.1) is 12.6 Å². The number of nitrogens with zero attached hydrogens (tertiary/aromatic N) is 2. The quantitative estimate of drug-likeness (QED) is 0.848.